The third-order valence-corrected chi connectivity index (χ3v) is 2.72. The van der Waals surface area contributed by atoms with Crippen molar-refractivity contribution < 1.29 is 14.7 Å². The van der Waals surface area contributed by atoms with Crippen molar-refractivity contribution in [1.29, 1.82) is 0 Å². The first-order valence-electron chi connectivity index (χ1n) is 6.06. The molecular formula is C13H17ClN2O3. The Morgan fingerprint density at radius 1 is 1.26 bits per heavy atom. The minimum atomic E-state index is -0.916. The fourth-order valence-corrected chi connectivity index (χ4v) is 1.68. The highest BCUT2D eigenvalue weighted by molar-refractivity contribution is 6.30. The highest BCUT2D eigenvalue weighted by Gasteiger charge is 2.13. The maximum absolute atomic E-state index is 12.0. The van der Waals surface area contributed by atoms with Gasteiger partial charge in [0.05, 0.1) is 6.42 Å². The Morgan fingerprint density at radius 2 is 1.89 bits per heavy atom. The van der Waals surface area contributed by atoms with Crippen LogP contribution in [0.4, 0.5) is 10.5 Å². The molecule has 0 saturated heterocycles. The van der Waals surface area contributed by atoms with E-state index in [1.807, 2.05) is 6.92 Å². The predicted molar refractivity (Wildman–Crippen MR) is 74.6 cm³/mol. The number of carboxylic acids is 1. The number of amides is 2. The maximum Gasteiger partial charge on any atom is 0.321 e. The first-order valence-corrected chi connectivity index (χ1v) is 6.44. The van der Waals surface area contributed by atoms with Crippen LogP contribution in [0.25, 0.3) is 0 Å². The van der Waals surface area contributed by atoms with Gasteiger partial charge in [-0.25, -0.2) is 4.79 Å². The molecule has 5 nitrogen and oxygen atoms in total. The van der Waals surface area contributed by atoms with Gasteiger partial charge < -0.3 is 15.3 Å². The van der Waals surface area contributed by atoms with Gasteiger partial charge in [-0.2, -0.15) is 0 Å². The quantitative estimate of drug-likeness (QED) is 0.843. The number of anilines is 1. The summed E-state index contributed by atoms with van der Waals surface area (Å²) in [7, 11) is 0. The summed E-state index contributed by atoms with van der Waals surface area (Å²) >= 11 is 5.76. The minimum absolute atomic E-state index is 0.0615. The number of carbonyl (C=O) groups is 2. The van der Waals surface area contributed by atoms with Crippen LogP contribution >= 0.6 is 11.6 Å². The molecule has 0 bridgehead atoms. The van der Waals surface area contributed by atoms with Gasteiger partial charge in [0.25, 0.3) is 0 Å². The second-order valence-corrected chi connectivity index (χ2v) is 4.50. The van der Waals surface area contributed by atoms with Gasteiger partial charge in [0, 0.05) is 23.8 Å². The molecule has 1 rings (SSSR count). The van der Waals surface area contributed by atoms with Crippen molar-refractivity contribution in [2.24, 2.45) is 0 Å². The summed E-state index contributed by atoms with van der Waals surface area (Å²) in [6.07, 6.45) is 0.710. The van der Waals surface area contributed by atoms with E-state index in [0.717, 1.165) is 6.42 Å². The molecule has 0 aliphatic carbocycles. The molecule has 0 unspecified atom stereocenters. The van der Waals surface area contributed by atoms with Crippen molar-refractivity contribution in [3.05, 3.63) is 29.3 Å². The maximum atomic E-state index is 12.0. The van der Waals surface area contributed by atoms with Crippen molar-refractivity contribution in [2.75, 3.05) is 18.4 Å². The molecule has 104 valence electrons. The first-order chi connectivity index (χ1) is 9.02. The summed E-state index contributed by atoms with van der Waals surface area (Å²) in [6.45, 7) is 2.65. The van der Waals surface area contributed by atoms with Gasteiger partial charge in [-0.05, 0) is 30.7 Å². The molecule has 1 aromatic carbocycles. The summed E-state index contributed by atoms with van der Waals surface area (Å²) in [6, 6.07) is 6.45. The van der Waals surface area contributed by atoms with Gasteiger partial charge in [-0.1, -0.05) is 18.5 Å². The number of urea groups is 1. The molecule has 0 fully saturated rings. The SMILES string of the molecule is CCCN(CCC(=O)O)C(=O)Nc1ccc(Cl)cc1. The minimum Gasteiger partial charge on any atom is -0.481 e. The van der Waals surface area contributed by atoms with Crippen LogP contribution in [-0.2, 0) is 4.79 Å². The molecule has 0 atom stereocenters. The lowest BCUT2D eigenvalue weighted by Gasteiger charge is -2.21. The lowest BCUT2D eigenvalue weighted by molar-refractivity contribution is -0.137. The summed E-state index contributed by atoms with van der Waals surface area (Å²) < 4.78 is 0. The monoisotopic (exact) mass is 284 g/mol. The van der Waals surface area contributed by atoms with E-state index in [4.69, 9.17) is 16.7 Å². The van der Waals surface area contributed by atoms with Crippen molar-refractivity contribution in [1.82, 2.24) is 4.90 Å². The Balaban J connectivity index is 2.60. The lowest BCUT2D eigenvalue weighted by atomic mass is 10.3. The van der Waals surface area contributed by atoms with Crippen molar-refractivity contribution in [2.45, 2.75) is 19.8 Å². The van der Waals surface area contributed by atoms with E-state index in [2.05, 4.69) is 5.32 Å². The number of carbonyl (C=O) groups excluding carboxylic acids is 1. The highest BCUT2D eigenvalue weighted by Crippen LogP contribution is 2.14. The number of aliphatic carboxylic acids is 1. The second kappa shape index (κ2) is 7.63. The van der Waals surface area contributed by atoms with Gasteiger partial charge in [-0.3, -0.25) is 4.79 Å². The largest absolute Gasteiger partial charge is 0.481 e. The van der Waals surface area contributed by atoms with Crippen LogP contribution < -0.4 is 5.32 Å². The van der Waals surface area contributed by atoms with Crippen molar-refractivity contribution in [3.8, 4) is 0 Å². The average Bonchev–Trinajstić information content (AvgIpc) is 2.37. The zero-order valence-electron chi connectivity index (χ0n) is 10.7. The van der Waals surface area contributed by atoms with Crippen molar-refractivity contribution >= 4 is 29.3 Å². The van der Waals surface area contributed by atoms with E-state index in [1.54, 1.807) is 24.3 Å². The Bertz CT molecular complexity index is 434. The second-order valence-electron chi connectivity index (χ2n) is 4.07. The van der Waals surface area contributed by atoms with Crippen molar-refractivity contribution in [3.63, 3.8) is 0 Å². The van der Waals surface area contributed by atoms with E-state index in [0.29, 0.717) is 17.3 Å². The summed E-state index contributed by atoms with van der Waals surface area (Å²) in [4.78, 5) is 24.0. The van der Waals surface area contributed by atoms with Crippen LogP contribution in [0.1, 0.15) is 19.8 Å². The van der Waals surface area contributed by atoms with E-state index < -0.39 is 5.97 Å². The van der Waals surface area contributed by atoms with Gasteiger partial charge in [-0.15, -0.1) is 0 Å². The Morgan fingerprint density at radius 3 is 2.42 bits per heavy atom. The molecule has 19 heavy (non-hydrogen) atoms. The third kappa shape index (κ3) is 5.61. The number of nitrogens with one attached hydrogen (secondary N) is 1. The van der Waals surface area contributed by atoms with E-state index >= 15 is 0 Å². The van der Waals surface area contributed by atoms with Gasteiger partial charge in [0.15, 0.2) is 0 Å². The molecule has 0 spiro atoms. The predicted octanol–water partition coefficient (Wildman–Crippen LogP) is 3.06. The van der Waals surface area contributed by atoms with Crippen LogP contribution in [0.2, 0.25) is 5.02 Å². The number of hydrogen-bond donors (Lipinski definition) is 2. The molecule has 0 saturated carbocycles. The molecule has 0 aliphatic heterocycles. The number of halogens is 1. The van der Waals surface area contributed by atoms with E-state index in [-0.39, 0.29) is 19.0 Å². The fourth-order valence-electron chi connectivity index (χ4n) is 1.55. The number of carboxylic acid groups (broad SMARTS) is 1. The molecule has 0 aromatic heterocycles. The summed E-state index contributed by atoms with van der Waals surface area (Å²) in [5, 5.41) is 12.0. The molecule has 2 N–H and O–H groups in total. The number of rotatable bonds is 6. The number of benzene rings is 1. The van der Waals surface area contributed by atoms with Gasteiger partial charge in [0.1, 0.15) is 0 Å². The lowest BCUT2D eigenvalue weighted by Crippen LogP contribution is -2.37. The standard InChI is InChI=1S/C13H17ClN2O3/c1-2-8-16(9-7-12(17)18)13(19)15-11-5-3-10(14)4-6-11/h3-6H,2,7-9H2,1H3,(H,15,19)(H,17,18). The zero-order chi connectivity index (χ0) is 14.3. The third-order valence-electron chi connectivity index (χ3n) is 2.47. The van der Waals surface area contributed by atoms with E-state index in [1.165, 1.54) is 4.90 Å². The van der Waals surface area contributed by atoms with Crippen LogP contribution in [0, 0.1) is 0 Å². The van der Waals surface area contributed by atoms with Gasteiger partial charge >= 0.3 is 12.0 Å². The molecule has 0 radical (unpaired) electrons. The molecule has 1 aromatic rings. The normalized spacial score (nSPS) is 10.0. The van der Waals surface area contributed by atoms with Gasteiger partial charge in [0.2, 0.25) is 0 Å². The first kappa shape index (κ1) is 15.3. The number of hydrogen-bond acceptors (Lipinski definition) is 2. The van der Waals surface area contributed by atoms with Crippen LogP contribution in [0.15, 0.2) is 24.3 Å². The molecule has 2 amide bonds. The molecular weight excluding hydrogens is 268 g/mol. The molecule has 6 heteroatoms. The Hall–Kier alpha value is -1.75. The summed E-state index contributed by atoms with van der Waals surface area (Å²) in [5.74, 6) is -0.916. The topological polar surface area (TPSA) is 69.6 Å². The summed E-state index contributed by atoms with van der Waals surface area (Å²) in [5.41, 5.74) is 0.630. The highest BCUT2D eigenvalue weighted by atomic mass is 35.5. The fraction of sp³-hybridized carbons (Fsp3) is 0.385. The van der Waals surface area contributed by atoms with Crippen LogP contribution in [0.5, 0.6) is 0 Å². The zero-order valence-corrected chi connectivity index (χ0v) is 11.5. The molecule has 0 aliphatic rings. The number of nitrogens with zero attached hydrogens (tertiary/aromatic N) is 1. The average molecular weight is 285 g/mol. The molecule has 0 heterocycles. The van der Waals surface area contributed by atoms with E-state index in [9.17, 15) is 9.59 Å². The Kier molecular flexibility index (Phi) is 6.15. The smallest absolute Gasteiger partial charge is 0.321 e. The Labute approximate surface area is 117 Å². The van der Waals surface area contributed by atoms with Crippen LogP contribution in [0.3, 0.4) is 0 Å². The van der Waals surface area contributed by atoms with Crippen LogP contribution in [-0.4, -0.2) is 35.1 Å².